The monoisotopic (exact) mass is 397 g/mol. The second-order valence-electron chi connectivity index (χ2n) is 7.16. The molecule has 2 unspecified atom stereocenters. The molecule has 0 aliphatic carbocycles. The molecule has 4 aromatic carbocycles. The van der Waals surface area contributed by atoms with Gasteiger partial charge >= 0.3 is 9.28 Å². The van der Waals surface area contributed by atoms with Gasteiger partial charge in [-0.1, -0.05) is 103 Å². The zero-order chi connectivity index (χ0) is 20.1. The van der Waals surface area contributed by atoms with Crippen molar-refractivity contribution >= 4 is 25.2 Å². The molecule has 2 nitrogen and oxygen atoms in total. The van der Waals surface area contributed by atoms with Crippen LogP contribution in [-0.4, -0.2) is 9.28 Å². The van der Waals surface area contributed by atoms with Gasteiger partial charge in [0.2, 0.25) is 0 Å². The first kappa shape index (κ1) is 19.6. The molecule has 0 aliphatic heterocycles. The van der Waals surface area contributed by atoms with E-state index in [-0.39, 0.29) is 12.2 Å². The van der Waals surface area contributed by atoms with Gasteiger partial charge in [-0.25, -0.2) is 0 Å². The largest absolute Gasteiger partial charge is 0.425 e. The molecule has 0 bridgehead atoms. The smallest absolute Gasteiger partial charge is 0.383 e. The number of fused-ring (bicyclic) bond motifs is 1. The normalized spacial score (nSPS) is 13.5. The molecular weight excluding hydrogens is 372 g/mol. The van der Waals surface area contributed by atoms with Crippen molar-refractivity contribution in [1.82, 2.24) is 0 Å². The molecule has 2 atom stereocenters. The van der Waals surface area contributed by atoms with Gasteiger partial charge in [0.05, 0.1) is 12.2 Å². The number of rotatable bonds is 7. The van der Waals surface area contributed by atoms with Gasteiger partial charge in [-0.15, -0.1) is 0 Å². The maximum atomic E-state index is 6.60. The Bertz CT molecular complexity index is 997. The van der Waals surface area contributed by atoms with Gasteiger partial charge < -0.3 is 8.85 Å². The Morgan fingerprint density at radius 3 is 1.62 bits per heavy atom. The van der Waals surface area contributed by atoms with Crippen molar-refractivity contribution in [2.45, 2.75) is 26.1 Å². The van der Waals surface area contributed by atoms with Crippen LogP contribution in [0.25, 0.3) is 10.8 Å². The minimum atomic E-state index is -1.74. The van der Waals surface area contributed by atoms with Gasteiger partial charge in [0.25, 0.3) is 0 Å². The fourth-order valence-electron chi connectivity index (χ4n) is 3.46. The highest BCUT2D eigenvalue weighted by Gasteiger charge is 2.27. The summed E-state index contributed by atoms with van der Waals surface area (Å²) in [6.07, 6.45) is -0.0981. The molecule has 145 valence electrons. The van der Waals surface area contributed by atoms with E-state index in [0.717, 1.165) is 16.3 Å². The highest BCUT2D eigenvalue weighted by Crippen LogP contribution is 2.23. The molecule has 4 aromatic rings. The standard InChI is InChI=1S/C26H25O2Si/c1-20(22-12-5-3-6-13-22)27-29(28-21(2)23-14-7-4-8-15-23)26-19-11-17-24-16-9-10-18-25(24)26/h3-21H,1-2H3. The van der Waals surface area contributed by atoms with E-state index in [2.05, 4.69) is 80.6 Å². The molecule has 0 aliphatic rings. The summed E-state index contributed by atoms with van der Waals surface area (Å²) in [5.74, 6) is 0. The first-order valence-corrected chi connectivity index (χ1v) is 11.3. The summed E-state index contributed by atoms with van der Waals surface area (Å²) < 4.78 is 13.2. The molecule has 4 rings (SSSR count). The van der Waals surface area contributed by atoms with E-state index >= 15 is 0 Å². The van der Waals surface area contributed by atoms with Crippen LogP contribution in [0.4, 0.5) is 0 Å². The van der Waals surface area contributed by atoms with Crippen LogP contribution in [0.5, 0.6) is 0 Å². The quantitative estimate of drug-likeness (QED) is 0.351. The van der Waals surface area contributed by atoms with E-state index < -0.39 is 9.28 Å². The van der Waals surface area contributed by atoms with Crippen LogP contribution < -0.4 is 5.19 Å². The second-order valence-corrected chi connectivity index (χ2v) is 8.74. The zero-order valence-corrected chi connectivity index (χ0v) is 17.8. The first-order chi connectivity index (χ1) is 14.2. The molecule has 1 radical (unpaired) electrons. The molecule has 0 aromatic heterocycles. The minimum absolute atomic E-state index is 0.0490. The van der Waals surface area contributed by atoms with E-state index in [0.29, 0.717) is 0 Å². The number of benzene rings is 4. The summed E-state index contributed by atoms with van der Waals surface area (Å²) >= 11 is 0. The summed E-state index contributed by atoms with van der Waals surface area (Å²) in [7, 11) is -1.74. The second kappa shape index (κ2) is 9.18. The molecule has 0 saturated heterocycles. The van der Waals surface area contributed by atoms with Gasteiger partial charge in [-0.2, -0.15) is 0 Å². The lowest BCUT2D eigenvalue weighted by atomic mass is 10.1. The van der Waals surface area contributed by atoms with Crippen molar-refractivity contribution in [3.8, 4) is 0 Å². The number of hydrogen-bond donors (Lipinski definition) is 0. The molecule has 0 heterocycles. The van der Waals surface area contributed by atoms with Crippen LogP contribution in [0, 0.1) is 0 Å². The highest BCUT2D eigenvalue weighted by atomic mass is 28.3. The molecular formula is C26H25O2Si. The van der Waals surface area contributed by atoms with Gasteiger partial charge in [0, 0.05) is 5.19 Å². The minimum Gasteiger partial charge on any atom is -0.383 e. The van der Waals surface area contributed by atoms with Gasteiger partial charge in [0.15, 0.2) is 0 Å². The average molecular weight is 398 g/mol. The Balaban J connectivity index is 1.68. The third-order valence-electron chi connectivity index (χ3n) is 5.12. The Morgan fingerprint density at radius 1 is 0.552 bits per heavy atom. The Hall–Kier alpha value is -2.72. The van der Waals surface area contributed by atoms with Gasteiger partial charge in [-0.3, -0.25) is 0 Å². The lowest BCUT2D eigenvalue weighted by Crippen LogP contribution is -2.39. The van der Waals surface area contributed by atoms with Gasteiger partial charge in [-0.05, 0) is 35.7 Å². The van der Waals surface area contributed by atoms with Crippen molar-refractivity contribution in [2.75, 3.05) is 0 Å². The molecule has 3 heteroatoms. The predicted molar refractivity (Wildman–Crippen MR) is 121 cm³/mol. The van der Waals surface area contributed by atoms with Crippen molar-refractivity contribution in [3.05, 3.63) is 114 Å². The van der Waals surface area contributed by atoms with Crippen molar-refractivity contribution in [2.24, 2.45) is 0 Å². The maximum Gasteiger partial charge on any atom is 0.425 e. The van der Waals surface area contributed by atoms with E-state index in [1.807, 2.05) is 36.4 Å². The lowest BCUT2D eigenvalue weighted by Gasteiger charge is -2.25. The van der Waals surface area contributed by atoms with Crippen LogP contribution in [-0.2, 0) is 8.85 Å². The summed E-state index contributed by atoms with van der Waals surface area (Å²) in [5.41, 5.74) is 2.32. The zero-order valence-electron chi connectivity index (χ0n) is 16.8. The van der Waals surface area contributed by atoms with Crippen LogP contribution >= 0.6 is 0 Å². The van der Waals surface area contributed by atoms with E-state index in [1.54, 1.807) is 0 Å². The molecule has 0 saturated carbocycles. The Morgan fingerprint density at radius 2 is 1.03 bits per heavy atom. The summed E-state index contributed by atoms with van der Waals surface area (Å²) in [5, 5.41) is 3.56. The third kappa shape index (κ3) is 4.65. The maximum absolute atomic E-state index is 6.60. The Kier molecular flexibility index (Phi) is 6.20. The third-order valence-corrected chi connectivity index (χ3v) is 7.13. The molecule has 0 spiro atoms. The van der Waals surface area contributed by atoms with Crippen molar-refractivity contribution in [3.63, 3.8) is 0 Å². The van der Waals surface area contributed by atoms with Crippen molar-refractivity contribution < 1.29 is 8.85 Å². The van der Waals surface area contributed by atoms with Crippen LogP contribution in [0.2, 0.25) is 0 Å². The van der Waals surface area contributed by atoms with Crippen molar-refractivity contribution in [1.29, 1.82) is 0 Å². The lowest BCUT2D eigenvalue weighted by molar-refractivity contribution is 0.124. The fraction of sp³-hybridized carbons (Fsp3) is 0.154. The highest BCUT2D eigenvalue weighted by molar-refractivity contribution is 6.64. The van der Waals surface area contributed by atoms with Crippen LogP contribution in [0.15, 0.2) is 103 Å². The molecule has 0 fully saturated rings. The molecule has 0 amide bonds. The summed E-state index contributed by atoms with van der Waals surface area (Å²) in [4.78, 5) is 0. The molecule has 29 heavy (non-hydrogen) atoms. The predicted octanol–water partition coefficient (Wildman–Crippen LogP) is 6.09. The summed E-state index contributed by atoms with van der Waals surface area (Å²) in [6.45, 7) is 4.20. The SMILES string of the molecule is CC(O[Si](OC(C)c1ccccc1)c1cccc2ccccc12)c1ccccc1. The van der Waals surface area contributed by atoms with E-state index in [1.165, 1.54) is 10.8 Å². The van der Waals surface area contributed by atoms with Crippen LogP contribution in [0.3, 0.4) is 0 Å². The van der Waals surface area contributed by atoms with E-state index in [4.69, 9.17) is 8.85 Å². The van der Waals surface area contributed by atoms with E-state index in [9.17, 15) is 0 Å². The molecule has 0 N–H and O–H groups in total. The summed E-state index contributed by atoms with van der Waals surface area (Å²) in [6, 6.07) is 35.5. The van der Waals surface area contributed by atoms with Gasteiger partial charge in [0.1, 0.15) is 0 Å². The topological polar surface area (TPSA) is 18.5 Å². The number of hydrogen-bond acceptors (Lipinski definition) is 2. The fourth-order valence-corrected chi connectivity index (χ4v) is 5.37. The average Bonchev–Trinajstić information content (AvgIpc) is 2.79. The Labute approximate surface area is 174 Å². The first-order valence-electron chi connectivity index (χ1n) is 10.0. The van der Waals surface area contributed by atoms with Crippen LogP contribution in [0.1, 0.15) is 37.2 Å².